The van der Waals surface area contributed by atoms with Crippen LogP contribution in [0.3, 0.4) is 0 Å². The number of ether oxygens (including phenoxy) is 2. The molecule has 1 aliphatic rings. The number of carbonyl (C=O) groups is 1. The van der Waals surface area contributed by atoms with E-state index in [-0.39, 0.29) is 31.3 Å². The highest BCUT2D eigenvalue weighted by molar-refractivity contribution is 14.1. The Balaban J connectivity index is 1.86. The minimum Gasteiger partial charge on any atom is -0.459 e. The summed E-state index contributed by atoms with van der Waals surface area (Å²) in [5.74, 6) is -0.218. The van der Waals surface area contributed by atoms with Crippen LogP contribution in [0.4, 0.5) is 0 Å². The smallest absolute Gasteiger partial charge is 0.330 e. The number of nitrogens with zero attached hydrogens (tertiary/aromatic N) is 1. The Bertz CT molecular complexity index is 808. The number of amidine groups is 1. The summed E-state index contributed by atoms with van der Waals surface area (Å²) in [6.45, 7) is -0.352. The molecule has 1 aromatic heterocycles. The SMILES string of the molecule is N=C(N)CCCCCCC(=O)O[C@H]1C[C@H](n2cc([125I])c(=O)[nH]c2=O)O[C@@H]1CO. The molecular weight excluding hydrogens is 481 g/mol. The van der Waals surface area contributed by atoms with Gasteiger partial charge >= 0.3 is 11.7 Å². The predicted molar refractivity (Wildman–Crippen MR) is 109 cm³/mol. The van der Waals surface area contributed by atoms with E-state index in [0.29, 0.717) is 16.4 Å². The molecule has 156 valence electrons. The Labute approximate surface area is 175 Å². The molecule has 10 nitrogen and oxygen atoms in total. The van der Waals surface area contributed by atoms with Gasteiger partial charge in [-0.3, -0.25) is 24.5 Å². The highest BCUT2D eigenvalue weighted by Crippen LogP contribution is 2.30. The number of rotatable bonds is 10. The summed E-state index contributed by atoms with van der Waals surface area (Å²) >= 11 is 1.81. The van der Waals surface area contributed by atoms with Gasteiger partial charge in [0.1, 0.15) is 18.4 Å². The number of hydrogen-bond donors (Lipinski definition) is 4. The number of halogens is 1. The van der Waals surface area contributed by atoms with Gasteiger partial charge in [0, 0.05) is 25.5 Å². The molecule has 1 saturated heterocycles. The van der Waals surface area contributed by atoms with Crippen molar-refractivity contribution in [2.45, 2.75) is 63.4 Å². The highest BCUT2D eigenvalue weighted by atomic mass is 125. The first-order valence-corrected chi connectivity index (χ1v) is 10.2. The topological polar surface area (TPSA) is 160 Å². The molecule has 0 radical (unpaired) electrons. The number of nitrogens with two attached hydrogens (primary N) is 1. The van der Waals surface area contributed by atoms with E-state index >= 15 is 0 Å². The summed E-state index contributed by atoms with van der Waals surface area (Å²) in [6.07, 6.45) is 3.45. The van der Waals surface area contributed by atoms with Crippen molar-refractivity contribution in [3.05, 3.63) is 30.6 Å². The maximum atomic E-state index is 12.1. The molecule has 1 aliphatic heterocycles. The van der Waals surface area contributed by atoms with E-state index in [4.69, 9.17) is 20.6 Å². The van der Waals surface area contributed by atoms with Crippen molar-refractivity contribution in [2.24, 2.45) is 5.73 Å². The van der Waals surface area contributed by atoms with Gasteiger partial charge in [-0.05, 0) is 35.4 Å². The van der Waals surface area contributed by atoms with Crippen LogP contribution >= 0.6 is 22.6 Å². The monoisotopic (exact) mass is 506 g/mol. The lowest BCUT2D eigenvalue weighted by Crippen LogP contribution is -2.33. The molecule has 5 N–H and O–H groups in total. The summed E-state index contributed by atoms with van der Waals surface area (Å²) in [7, 11) is 0. The molecule has 11 heteroatoms. The van der Waals surface area contributed by atoms with Crippen LogP contribution in [0.25, 0.3) is 0 Å². The minimum atomic E-state index is -0.737. The van der Waals surface area contributed by atoms with Crippen molar-refractivity contribution in [1.29, 1.82) is 5.41 Å². The standard InChI is InChI=1S/C17H25IN4O6/c18-10-8-22(17(26)21-16(10)25)14-7-11(12(9-23)27-14)28-15(24)6-4-2-1-3-5-13(19)20/h8,11-12,14,23H,1-7,9H2,(H3,19,20)(H,21,25,26)/t11-,12+,14+/m0/s1/i18-2. The molecular formula is C17H25IN4O6. The number of aliphatic hydroxyl groups excluding tert-OH is 1. The zero-order chi connectivity index (χ0) is 20.7. The normalized spacial score (nSPS) is 21.6. The molecule has 0 aromatic carbocycles. The summed E-state index contributed by atoms with van der Waals surface area (Å²) < 4.78 is 12.6. The molecule has 2 rings (SSSR count). The number of H-pyrrole nitrogens is 1. The van der Waals surface area contributed by atoms with Crippen LogP contribution in [0.15, 0.2) is 15.8 Å². The molecule has 0 bridgehead atoms. The third-order valence-corrected chi connectivity index (χ3v) is 5.22. The summed E-state index contributed by atoms with van der Waals surface area (Å²) in [5, 5.41) is 16.7. The number of esters is 1. The number of unbranched alkanes of at least 4 members (excludes halogenated alkanes) is 3. The van der Waals surface area contributed by atoms with Crippen molar-refractivity contribution in [2.75, 3.05) is 6.61 Å². The van der Waals surface area contributed by atoms with Crippen LogP contribution < -0.4 is 17.0 Å². The van der Waals surface area contributed by atoms with Crippen molar-refractivity contribution < 1.29 is 19.4 Å². The Morgan fingerprint density at radius 3 is 2.68 bits per heavy atom. The maximum Gasteiger partial charge on any atom is 0.330 e. The van der Waals surface area contributed by atoms with Crippen molar-refractivity contribution in [3.63, 3.8) is 0 Å². The van der Waals surface area contributed by atoms with E-state index < -0.39 is 29.7 Å². The number of aromatic nitrogens is 2. The van der Waals surface area contributed by atoms with Gasteiger partial charge in [0.25, 0.3) is 5.56 Å². The Hall–Kier alpha value is -1.73. The minimum absolute atomic E-state index is 0.168. The maximum absolute atomic E-state index is 12.1. The third-order valence-electron chi connectivity index (χ3n) is 4.45. The molecule has 0 unspecified atom stereocenters. The first-order valence-electron chi connectivity index (χ1n) is 9.11. The van der Waals surface area contributed by atoms with Crippen molar-refractivity contribution in [3.8, 4) is 0 Å². The van der Waals surface area contributed by atoms with Gasteiger partial charge in [-0.15, -0.1) is 0 Å². The van der Waals surface area contributed by atoms with Gasteiger partial charge < -0.3 is 20.3 Å². The van der Waals surface area contributed by atoms with E-state index in [9.17, 15) is 19.5 Å². The fourth-order valence-corrected chi connectivity index (χ4v) is 3.43. The van der Waals surface area contributed by atoms with E-state index in [1.54, 1.807) is 0 Å². The fourth-order valence-electron chi connectivity index (χ4n) is 3.00. The molecule has 28 heavy (non-hydrogen) atoms. The second kappa shape index (κ2) is 10.7. The lowest BCUT2D eigenvalue weighted by atomic mass is 10.1. The molecule has 3 atom stereocenters. The Morgan fingerprint density at radius 1 is 1.36 bits per heavy atom. The zero-order valence-electron chi connectivity index (χ0n) is 15.4. The van der Waals surface area contributed by atoms with E-state index in [2.05, 4.69) is 4.98 Å². The molecule has 0 spiro atoms. The first-order chi connectivity index (χ1) is 13.3. The summed E-state index contributed by atoms with van der Waals surface area (Å²) in [5.41, 5.74) is 4.19. The number of aromatic amines is 1. The molecule has 1 aromatic rings. The largest absolute Gasteiger partial charge is 0.459 e. The Morgan fingerprint density at radius 2 is 2.04 bits per heavy atom. The van der Waals surface area contributed by atoms with Crippen LogP contribution in [0.1, 0.15) is 51.2 Å². The van der Waals surface area contributed by atoms with Gasteiger partial charge in [-0.1, -0.05) is 12.8 Å². The van der Waals surface area contributed by atoms with Gasteiger partial charge in [0.2, 0.25) is 0 Å². The van der Waals surface area contributed by atoms with Crippen LogP contribution in [0, 0.1) is 8.98 Å². The quantitative estimate of drug-likeness (QED) is 0.119. The number of hydrogen-bond acceptors (Lipinski definition) is 7. The van der Waals surface area contributed by atoms with Gasteiger partial charge in [-0.25, -0.2) is 4.79 Å². The number of nitrogens with one attached hydrogen (secondary N) is 2. The van der Waals surface area contributed by atoms with E-state index in [1.165, 1.54) is 10.8 Å². The third kappa shape index (κ3) is 6.41. The second-order valence-electron chi connectivity index (χ2n) is 6.66. The molecule has 0 aliphatic carbocycles. The average Bonchev–Trinajstić information content (AvgIpc) is 3.03. The molecule has 2 heterocycles. The number of aliphatic hydroxyl groups is 1. The summed E-state index contributed by atoms with van der Waals surface area (Å²) in [4.78, 5) is 37.8. The predicted octanol–water partition coefficient (Wildman–Crippen LogP) is 0.609. The van der Waals surface area contributed by atoms with Crippen molar-refractivity contribution >= 4 is 34.4 Å². The van der Waals surface area contributed by atoms with Gasteiger partial charge in [-0.2, -0.15) is 0 Å². The Kier molecular flexibility index (Phi) is 8.63. The van der Waals surface area contributed by atoms with Crippen LogP contribution in [-0.2, 0) is 14.3 Å². The highest BCUT2D eigenvalue weighted by Gasteiger charge is 2.39. The zero-order valence-corrected chi connectivity index (χ0v) is 17.5. The van der Waals surface area contributed by atoms with Gasteiger partial charge in [0.05, 0.1) is 16.0 Å². The average molecular weight is 506 g/mol. The lowest BCUT2D eigenvalue weighted by Gasteiger charge is -2.16. The van der Waals surface area contributed by atoms with E-state index in [0.717, 1.165) is 19.3 Å². The van der Waals surface area contributed by atoms with Gasteiger partial charge in [0.15, 0.2) is 0 Å². The second-order valence-corrected chi connectivity index (χ2v) is 7.82. The van der Waals surface area contributed by atoms with Crippen molar-refractivity contribution in [1.82, 2.24) is 9.55 Å². The van der Waals surface area contributed by atoms with Crippen LogP contribution in [0.2, 0.25) is 0 Å². The number of carbonyl (C=O) groups excluding carboxylic acids is 1. The molecule has 0 amide bonds. The molecule has 1 fully saturated rings. The van der Waals surface area contributed by atoms with E-state index in [1.807, 2.05) is 22.6 Å². The summed E-state index contributed by atoms with van der Waals surface area (Å²) in [6, 6.07) is 0. The fraction of sp³-hybridized carbons (Fsp3) is 0.647. The lowest BCUT2D eigenvalue weighted by molar-refractivity contribution is -0.153. The first kappa shape index (κ1) is 22.6. The molecule has 0 saturated carbocycles. The van der Waals surface area contributed by atoms with Crippen LogP contribution in [0.5, 0.6) is 0 Å². The van der Waals surface area contributed by atoms with Crippen LogP contribution in [-0.4, -0.2) is 45.3 Å².